The van der Waals surface area contributed by atoms with E-state index < -0.39 is 25.0 Å². The van der Waals surface area contributed by atoms with E-state index in [0.29, 0.717) is 41.9 Å². The molecule has 1 N–H and O–H groups in total. The number of carbonyl (C=O) groups is 2. The van der Waals surface area contributed by atoms with Crippen LogP contribution in [0.15, 0.2) is 66.7 Å². The van der Waals surface area contributed by atoms with Crippen molar-refractivity contribution < 1.29 is 32.9 Å². The summed E-state index contributed by atoms with van der Waals surface area (Å²) in [5, 5.41) is 3.21. The van der Waals surface area contributed by atoms with E-state index >= 15 is 0 Å². The Morgan fingerprint density at radius 1 is 0.976 bits per heavy atom. The molecule has 1 unspecified atom stereocenters. The van der Waals surface area contributed by atoms with Gasteiger partial charge in [0.05, 0.1) is 18.9 Å². The average molecular weight is 593 g/mol. The van der Waals surface area contributed by atoms with Crippen LogP contribution in [0.5, 0.6) is 5.75 Å². The molecule has 42 heavy (non-hydrogen) atoms. The summed E-state index contributed by atoms with van der Waals surface area (Å²) in [4.78, 5) is 27.7. The highest BCUT2D eigenvalue weighted by Crippen LogP contribution is 2.44. The fourth-order valence-electron chi connectivity index (χ4n) is 3.67. The van der Waals surface area contributed by atoms with Crippen LogP contribution in [-0.2, 0) is 30.0 Å². The largest absolute Gasteiger partial charge is 0.494 e. The van der Waals surface area contributed by atoms with E-state index in [9.17, 15) is 14.2 Å². The smallest absolute Gasteiger partial charge is 0.407 e. The van der Waals surface area contributed by atoms with E-state index in [1.54, 1.807) is 43.3 Å². The molecule has 1 heterocycles. The second kappa shape index (κ2) is 15.2. The summed E-state index contributed by atoms with van der Waals surface area (Å²) in [5.41, 5.74) is 1.40. The summed E-state index contributed by atoms with van der Waals surface area (Å²) < 4.78 is 36.0. The third-order valence-corrected chi connectivity index (χ3v) is 7.89. The molecule has 3 rings (SSSR count). The standard InChI is InChI=1S/C32H37N2O7P/c1-6-40-42(37,29-11-8-7-9-12-29)30-22-26(21-27(34-30)23-39-24(2)35)14-13-25-15-17-28(18-16-25)38-20-10-19-33-31(36)41-32(3,4)5/h7-9,11-12,15-18,21-22H,6,10,19-20,23H2,1-5H3,(H,33,36). The topological polar surface area (TPSA) is 113 Å². The number of aromatic nitrogens is 1. The van der Waals surface area contributed by atoms with Gasteiger partial charge < -0.3 is 24.1 Å². The normalized spacial score (nSPS) is 12.3. The number of rotatable bonds is 11. The van der Waals surface area contributed by atoms with Crippen molar-refractivity contribution in [3.63, 3.8) is 0 Å². The number of nitrogens with one attached hydrogen (secondary N) is 1. The van der Waals surface area contributed by atoms with Gasteiger partial charge in [-0.05, 0) is 82.6 Å². The summed E-state index contributed by atoms with van der Waals surface area (Å²) in [6, 6.07) is 19.5. The lowest BCUT2D eigenvalue weighted by Crippen LogP contribution is -2.33. The van der Waals surface area contributed by atoms with Crippen molar-refractivity contribution in [3.8, 4) is 17.6 Å². The first-order chi connectivity index (χ1) is 20.0. The molecule has 0 fully saturated rings. The molecular formula is C32H37N2O7P. The van der Waals surface area contributed by atoms with Gasteiger partial charge >= 0.3 is 12.1 Å². The van der Waals surface area contributed by atoms with Crippen molar-refractivity contribution in [2.45, 2.75) is 53.2 Å². The van der Waals surface area contributed by atoms with Crippen LogP contribution in [0.4, 0.5) is 4.79 Å². The van der Waals surface area contributed by atoms with Gasteiger partial charge in [-0.25, -0.2) is 9.78 Å². The molecule has 0 radical (unpaired) electrons. The lowest BCUT2D eigenvalue weighted by molar-refractivity contribution is -0.142. The third-order valence-electron chi connectivity index (χ3n) is 5.46. The maximum absolute atomic E-state index is 14.1. The molecule has 0 bridgehead atoms. The highest BCUT2D eigenvalue weighted by atomic mass is 31.2. The number of hydrogen-bond donors (Lipinski definition) is 1. The molecule has 0 saturated carbocycles. The Bertz CT molecular complexity index is 1460. The van der Waals surface area contributed by atoms with Crippen LogP contribution in [0.3, 0.4) is 0 Å². The van der Waals surface area contributed by atoms with Crippen LogP contribution in [-0.4, -0.2) is 42.4 Å². The number of hydrogen-bond acceptors (Lipinski definition) is 8. The highest BCUT2D eigenvalue weighted by Gasteiger charge is 2.30. The van der Waals surface area contributed by atoms with Crippen LogP contribution in [0.2, 0.25) is 0 Å². The SMILES string of the molecule is CCOP(=O)(c1ccccc1)c1cc(C#Cc2ccc(OCCCNC(=O)OC(C)(C)C)cc2)cc(COC(C)=O)n1. The van der Waals surface area contributed by atoms with Gasteiger partial charge in [-0.15, -0.1) is 0 Å². The molecule has 3 aromatic rings. The molecule has 0 aliphatic heterocycles. The number of nitrogens with zero attached hydrogens (tertiary/aromatic N) is 1. The average Bonchev–Trinajstić information content (AvgIpc) is 2.95. The molecule has 2 aromatic carbocycles. The van der Waals surface area contributed by atoms with E-state index in [2.05, 4.69) is 22.1 Å². The molecule has 0 spiro atoms. The minimum atomic E-state index is -3.52. The number of amides is 1. The van der Waals surface area contributed by atoms with Crippen LogP contribution in [0, 0.1) is 11.8 Å². The first-order valence-corrected chi connectivity index (χ1v) is 15.3. The first kappa shape index (κ1) is 32.4. The maximum Gasteiger partial charge on any atom is 0.407 e. The zero-order valence-electron chi connectivity index (χ0n) is 24.6. The van der Waals surface area contributed by atoms with Crippen molar-refractivity contribution in [1.29, 1.82) is 0 Å². The van der Waals surface area contributed by atoms with Crippen LogP contribution in [0.1, 0.15) is 57.9 Å². The first-order valence-electron chi connectivity index (χ1n) is 13.7. The van der Waals surface area contributed by atoms with E-state index in [1.807, 2.05) is 51.1 Å². The van der Waals surface area contributed by atoms with Crippen LogP contribution >= 0.6 is 7.37 Å². The highest BCUT2D eigenvalue weighted by molar-refractivity contribution is 7.74. The number of ether oxygens (including phenoxy) is 3. The monoisotopic (exact) mass is 592 g/mol. The predicted molar refractivity (Wildman–Crippen MR) is 161 cm³/mol. The number of alkyl carbamates (subject to hydrolysis) is 1. The van der Waals surface area contributed by atoms with Gasteiger partial charge in [-0.3, -0.25) is 9.36 Å². The fourth-order valence-corrected chi connectivity index (χ4v) is 5.71. The van der Waals surface area contributed by atoms with E-state index in [1.165, 1.54) is 6.92 Å². The molecule has 10 heteroatoms. The van der Waals surface area contributed by atoms with Crippen molar-refractivity contribution in [1.82, 2.24) is 10.3 Å². The number of carbonyl (C=O) groups excluding carboxylic acids is 2. The number of benzene rings is 2. The Hall–Kier alpha value is -4.12. The van der Waals surface area contributed by atoms with E-state index in [-0.39, 0.29) is 18.6 Å². The van der Waals surface area contributed by atoms with Crippen molar-refractivity contribution in [2.24, 2.45) is 0 Å². The van der Waals surface area contributed by atoms with Gasteiger partial charge in [0.1, 0.15) is 23.4 Å². The predicted octanol–water partition coefficient (Wildman–Crippen LogP) is 5.10. The summed E-state index contributed by atoms with van der Waals surface area (Å²) in [5.74, 6) is 6.43. The van der Waals surface area contributed by atoms with E-state index in [4.69, 9.17) is 18.7 Å². The molecule has 1 atom stereocenters. The summed E-state index contributed by atoms with van der Waals surface area (Å²) in [6.45, 7) is 9.52. The van der Waals surface area contributed by atoms with Crippen LogP contribution < -0.4 is 20.8 Å². The zero-order valence-corrected chi connectivity index (χ0v) is 25.5. The van der Waals surface area contributed by atoms with Gasteiger partial charge in [0.15, 0.2) is 0 Å². The Kier molecular flexibility index (Phi) is 11.7. The molecule has 0 aliphatic carbocycles. The van der Waals surface area contributed by atoms with Gasteiger partial charge in [-0.2, -0.15) is 0 Å². The second-order valence-electron chi connectivity index (χ2n) is 10.2. The number of esters is 1. The molecular weight excluding hydrogens is 555 g/mol. The molecule has 1 aromatic heterocycles. The molecule has 0 saturated heterocycles. The minimum Gasteiger partial charge on any atom is -0.494 e. The van der Waals surface area contributed by atoms with Gasteiger partial charge in [0.25, 0.3) is 7.37 Å². The zero-order chi connectivity index (χ0) is 30.6. The summed E-state index contributed by atoms with van der Waals surface area (Å²) in [7, 11) is -3.52. The lowest BCUT2D eigenvalue weighted by Gasteiger charge is -2.19. The van der Waals surface area contributed by atoms with Gasteiger partial charge in [-0.1, -0.05) is 30.0 Å². The van der Waals surface area contributed by atoms with Crippen LogP contribution in [0.25, 0.3) is 0 Å². The van der Waals surface area contributed by atoms with Crippen molar-refractivity contribution >= 4 is 30.2 Å². The quantitative estimate of drug-likeness (QED) is 0.142. The van der Waals surface area contributed by atoms with Crippen molar-refractivity contribution in [2.75, 3.05) is 19.8 Å². The van der Waals surface area contributed by atoms with Crippen molar-refractivity contribution in [3.05, 3.63) is 83.6 Å². The third kappa shape index (κ3) is 10.4. The number of pyridine rings is 1. The summed E-state index contributed by atoms with van der Waals surface area (Å²) in [6.07, 6.45) is 0.168. The lowest BCUT2D eigenvalue weighted by atomic mass is 10.2. The molecule has 222 valence electrons. The Morgan fingerprint density at radius 2 is 1.67 bits per heavy atom. The van der Waals surface area contributed by atoms with Gasteiger partial charge in [0.2, 0.25) is 0 Å². The Labute approximate surface area is 247 Å². The Balaban J connectivity index is 1.72. The Morgan fingerprint density at radius 3 is 2.31 bits per heavy atom. The molecule has 0 aliphatic rings. The maximum atomic E-state index is 14.1. The molecule has 1 amide bonds. The minimum absolute atomic E-state index is 0.0852. The second-order valence-corrected chi connectivity index (χ2v) is 12.5. The van der Waals surface area contributed by atoms with E-state index in [0.717, 1.165) is 5.56 Å². The molecule has 9 nitrogen and oxygen atoms in total. The fraction of sp³-hybridized carbons (Fsp3) is 0.344. The van der Waals surface area contributed by atoms with Gasteiger partial charge in [0, 0.05) is 29.9 Å². The summed E-state index contributed by atoms with van der Waals surface area (Å²) >= 11 is 0.